The second kappa shape index (κ2) is 4.28. The molecule has 0 radical (unpaired) electrons. The summed E-state index contributed by atoms with van der Waals surface area (Å²) < 4.78 is 75.3. The normalized spacial score (nSPS) is 28.2. The molecule has 2 bridgehead atoms. The van der Waals surface area contributed by atoms with Gasteiger partial charge >= 0.3 is 11.4 Å². The molecule has 1 saturated heterocycles. The van der Waals surface area contributed by atoms with E-state index in [2.05, 4.69) is 0 Å². The van der Waals surface area contributed by atoms with E-state index in [1.165, 1.54) is 0 Å². The van der Waals surface area contributed by atoms with Crippen LogP contribution in [-0.4, -0.2) is 26.1 Å². The van der Waals surface area contributed by atoms with Crippen LogP contribution in [0.25, 0.3) is 5.69 Å². The first kappa shape index (κ1) is 14.6. The molecule has 130 valence electrons. The van der Waals surface area contributed by atoms with Crippen LogP contribution in [0.5, 0.6) is 0 Å². The molecule has 0 saturated carbocycles. The molecule has 0 amide bonds. The SMILES string of the molecule is O=c1n(-c2c(F)c(F)c(F)c(F)c2F)c(=O)n2n1C1C=CC2C2OC21. The van der Waals surface area contributed by atoms with Crippen LogP contribution in [0.4, 0.5) is 22.0 Å². The molecule has 4 aliphatic rings. The first-order valence-electron chi connectivity index (χ1n) is 7.16. The molecule has 4 unspecified atom stereocenters. The maximum absolute atomic E-state index is 14.0. The third kappa shape index (κ3) is 1.52. The highest BCUT2D eigenvalue weighted by molar-refractivity contribution is 5.38. The quantitative estimate of drug-likeness (QED) is 0.250. The molecule has 1 aromatic carbocycles. The van der Waals surface area contributed by atoms with Crippen LogP contribution in [0.1, 0.15) is 12.1 Å². The van der Waals surface area contributed by atoms with Gasteiger partial charge in [-0.3, -0.25) is 0 Å². The van der Waals surface area contributed by atoms with Gasteiger partial charge in [-0.2, -0.15) is 0 Å². The number of hydrogen-bond donors (Lipinski definition) is 0. The van der Waals surface area contributed by atoms with Gasteiger partial charge in [0.25, 0.3) is 0 Å². The Labute approximate surface area is 133 Å². The number of ether oxygens (including phenoxy) is 1. The zero-order valence-electron chi connectivity index (χ0n) is 11.9. The maximum atomic E-state index is 14.0. The number of nitrogens with zero attached hydrogens (tertiary/aromatic N) is 3. The Morgan fingerprint density at radius 2 is 1.12 bits per heavy atom. The van der Waals surface area contributed by atoms with Gasteiger partial charge < -0.3 is 4.74 Å². The van der Waals surface area contributed by atoms with E-state index in [4.69, 9.17) is 4.74 Å². The summed E-state index contributed by atoms with van der Waals surface area (Å²) in [4.78, 5) is 25.1. The van der Waals surface area contributed by atoms with Crippen molar-refractivity contribution in [3.05, 3.63) is 62.2 Å². The van der Waals surface area contributed by atoms with Gasteiger partial charge in [0.2, 0.25) is 5.82 Å². The fraction of sp³-hybridized carbons (Fsp3) is 0.286. The van der Waals surface area contributed by atoms with Gasteiger partial charge in [0.15, 0.2) is 23.3 Å². The highest BCUT2D eigenvalue weighted by Gasteiger charge is 2.58. The Balaban J connectivity index is 1.86. The summed E-state index contributed by atoms with van der Waals surface area (Å²) in [6.45, 7) is 0. The van der Waals surface area contributed by atoms with Crippen LogP contribution in [0.3, 0.4) is 0 Å². The van der Waals surface area contributed by atoms with E-state index in [0.29, 0.717) is 0 Å². The Morgan fingerprint density at radius 1 is 0.720 bits per heavy atom. The highest BCUT2D eigenvalue weighted by Crippen LogP contribution is 2.47. The van der Waals surface area contributed by atoms with Crippen molar-refractivity contribution in [2.75, 3.05) is 0 Å². The average Bonchev–Trinajstić information content (AvgIpc) is 3.38. The van der Waals surface area contributed by atoms with Crippen LogP contribution in [-0.2, 0) is 4.74 Å². The molecule has 3 aliphatic heterocycles. The number of halogens is 5. The van der Waals surface area contributed by atoms with Crippen LogP contribution < -0.4 is 11.4 Å². The van der Waals surface area contributed by atoms with Crippen molar-refractivity contribution in [1.82, 2.24) is 13.9 Å². The molecule has 4 heterocycles. The summed E-state index contributed by atoms with van der Waals surface area (Å²) in [6, 6.07) is -1.37. The number of aromatic nitrogens is 3. The molecule has 1 aromatic heterocycles. The number of epoxide rings is 1. The lowest BCUT2D eigenvalue weighted by atomic mass is 9.96. The topological polar surface area (TPSA) is 61.5 Å². The molecule has 1 fully saturated rings. The molecule has 6 nitrogen and oxygen atoms in total. The van der Waals surface area contributed by atoms with Crippen LogP contribution in [0.15, 0.2) is 21.7 Å². The van der Waals surface area contributed by atoms with Crippen molar-refractivity contribution in [2.45, 2.75) is 24.3 Å². The summed E-state index contributed by atoms with van der Waals surface area (Å²) in [7, 11) is 0. The summed E-state index contributed by atoms with van der Waals surface area (Å²) in [5.74, 6) is -11.3. The number of hydrogen-bond acceptors (Lipinski definition) is 3. The predicted molar refractivity (Wildman–Crippen MR) is 70.0 cm³/mol. The van der Waals surface area contributed by atoms with Gasteiger partial charge in [-0.1, -0.05) is 12.2 Å². The van der Waals surface area contributed by atoms with Gasteiger partial charge in [-0.15, -0.1) is 0 Å². The van der Waals surface area contributed by atoms with Crippen molar-refractivity contribution in [2.24, 2.45) is 0 Å². The molecule has 0 spiro atoms. The van der Waals surface area contributed by atoms with E-state index in [9.17, 15) is 31.5 Å². The second-order valence-electron chi connectivity index (χ2n) is 5.94. The Morgan fingerprint density at radius 3 is 1.56 bits per heavy atom. The largest absolute Gasteiger partial charge is 0.364 e. The van der Waals surface area contributed by atoms with Gasteiger partial charge in [0, 0.05) is 0 Å². The molecule has 25 heavy (non-hydrogen) atoms. The first-order valence-corrected chi connectivity index (χ1v) is 7.16. The third-order valence-corrected chi connectivity index (χ3v) is 4.72. The van der Waals surface area contributed by atoms with Crippen LogP contribution in [0.2, 0.25) is 0 Å². The molecule has 2 aromatic rings. The average molecular weight is 359 g/mol. The Hall–Kier alpha value is -2.69. The van der Waals surface area contributed by atoms with E-state index in [0.717, 1.165) is 9.36 Å². The molecular weight excluding hydrogens is 353 g/mol. The van der Waals surface area contributed by atoms with Crippen LogP contribution >= 0.6 is 0 Å². The zero-order chi connectivity index (χ0) is 17.8. The maximum Gasteiger partial charge on any atom is 0.352 e. The lowest BCUT2D eigenvalue weighted by Gasteiger charge is -2.29. The second-order valence-corrected chi connectivity index (χ2v) is 5.94. The summed E-state index contributed by atoms with van der Waals surface area (Å²) in [5, 5.41) is 0. The van der Waals surface area contributed by atoms with Gasteiger partial charge in [0.05, 0.1) is 0 Å². The number of rotatable bonds is 1. The minimum absolute atomic E-state index is 0.0337. The summed E-state index contributed by atoms with van der Waals surface area (Å²) >= 11 is 0. The van der Waals surface area contributed by atoms with Crippen molar-refractivity contribution in [3.8, 4) is 5.69 Å². The third-order valence-electron chi connectivity index (χ3n) is 4.72. The number of benzene rings is 1. The van der Waals surface area contributed by atoms with E-state index < -0.39 is 58.2 Å². The summed E-state index contributed by atoms with van der Waals surface area (Å²) in [5.41, 5.74) is -4.00. The summed E-state index contributed by atoms with van der Waals surface area (Å²) in [6.07, 6.45) is 2.48. The molecule has 1 aliphatic carbocycles. The molecule has 4 atom stereocenters. The van der Waals surface area contributed by atoms with Gasteiger partial charge in [-0.25, -0.2) is 45.5 Å². The van der Waals surface area contributed by atoms with E-state index in [-0.39, 0.29) is 16.8 Å². The highest BCUT2D eigenvalue weighted by atomic mass is 19.2. The lowest BCUT2D eigenvalue weighted by Crippen LogP contribution is -2.43. The lowest BCUT2D eigenvalue weighted by molar-refractivity contribution is 0.297. The Kier molecular flexibility index (Phi) is 2.51. The van der Waals surface area contributed by atoms with Gasteiger partial charge in [-0.05, 0) is 0 Å². The monoisotopic (exact) mass is 359 g/mol. The predicted octanol–water partition coefficient (Wildman–Crippen LogP) is 0.929. The smallest absolute Gasteiger partial charge is 0.352 e. The molecule has 11 heteroatoms. The molecular formula is C14H6F5N3O3. The zero-order valence-corrected chi connectivity index (χ0v) is 11.9. The fourth-order valence-electron chi connectivity index (χ4n) is 3.57. The van der Waals surface area contributed by atoms with Crippen molar-refractivity contribution in [1.29, 1.82) is 0 Å². The first-order chi connectivity index (χ1) is 11.8. The van der Waals surface area contributed by atoms with E-state index in [1.807, 2.05) is 0 Å². The Bertz CT molecular complexity index is 1040. The minimum Gasteiger partial charge on any atom is -0.364 e. The molecule has 0 N–H and O–H groups in total. The fourth-order valence-corrected chi connectivity index (χ4v) is 3.57. The standard InChI is InChI=1S/C14H6F5N3O3/c15-5-6(16)8(18)10(9(19)7(5)17)20-13(23)21-3-1-2-4(12-11(3)25-12)22(21)14(20)24/h1-4,11-12H. The van der Waals surface area contributed by atoms with Crippen LogP contribution in [0, 0.1) is 29.1 Å². The minimum atomic E-state index is -2.37. The van der Waals surface area contributed by atoms with Crippen molar-refractivity contribution < 1.29 is 26.7 Å². The van der Waals surface area contributed by atoms with Crippen molar-refractivity contribution in [3.63, 3.8) is 0 Å². The van der Waals surface area contributed by atoms with Gasteiger partial charge in [0.1, 0.15) is 30.0 Å². The van der Waals surface area contributed by atoms with E-state index in [1.54, 1.807) is 12.2 Å². The van der Waals surface area contributed by atoms with E-state index >= 15 is 0 Å². The van der Waals surface area contributed by atoms with Crippen molar-refractivity contribution >= 4 is 0 Å². The molecule has 6 rings (SSSR count).